The lowest BCUT2D eigenvalue weighted by molar-refractivity contribution is -0.140. The number of benzene rings is 1. The lowest BCUT2D eigenvalue weighted by Crippen LogP contribution is -2.25. The minimum atomic E-state index is -4.54. The van der Waals surface area contributed by atoms with Gasteiger partial charge in [0.1, 0.15) is 11.5 Å². The first kappa shape index (κ1) is 23.3. The molecule has 2 aromatic heterocycles. The fraction of sp³-hybridized carbons (Fsp3) is 0.348. The number of nitrogens with two attached hydrogens (primary N) is 1. The van der Waals surface area contributed by atoms with E-state index in [1.165, 1.54) is 10.5 Å². The van der Waals surface area contributed by atoms with Crippen LogP contribution in [0.2, 0.25) is 0 Å². The summed E-state index contributed by atoms with van der Waals surface area (Å²) in [6, 6.07) is 13.0. The average Bonchev–Trinajstić information content (AvgIpc) is 3.21. The maximum atomic E-state index is 13.1. The van der Waals surface area contributed by atoms with Gasteiger partial charge in [-0.05, 0) is 50.5 Å². The number of carbonyl (C=O) groups excluding carboxylic acids is 1. The Morgan fingerprint density at radius 2 is 1.91 bits per heavy atom. The summed E-state index contributed by atoms with van der Waals surface area (Å²) in [7, 11) is 0. The van der Waals surface area contributed by atoms with Crippen molar-refractivity contribution >= 4 is 17.2 Å². The Kier molecular flexibility index (Phi) is 7.15. The Labute approximate surface area is 183 Å². The summed E-state index contributed by atoms with van der Waals surface area (Å²) in [6.45, 7) is 1.88. The number of ketones is 1. The molecule has 0 bridgehead atoms. The van der Waals surface area contributed by atoms with E-state index in [-0.39, 0.29) is 29.9 Å². The Morgan fingerprint density at radius 3 is 2.53 bits per heavy atom. The van der Waals surface area contributed by atoms with E-state index >= 15 is 0 Å². The van der Waals surface area contributed by atoms with Crippen LogP contribution in [-0.4, -0.2) is 27.3 Å². The zero-order chi connectivity index (χ0) is 23.3. The molecular weight excluding hydrogens is 419 g/mol. The number of fused-ring (bicyclic) bond motifs is 1. The van der Waals surface area contributed by atoms with Crippen molar-refractivity contribution in [2.45, 2.75) is 50.9 Å². The van der Waals surface area contributed by atoms with Crippen LogP contribution < -0.4 is 11.1 Å². The van der Waals surface area contributed by atoms with Crippen molar-refractivity contribution in [2.75, 3.05) is 5.32 Å². The molecule has 1 aromatic carbocycles. The van der Waals surface area contributed by atoms with Crippen LogP contribution in [0.15, 0.2) is 48.7 Å². The Bertz CT molecular complexity index is 1110. The van der Waals surface area contributed by atoms with Crippen LogP contribution in [0.5, 0.6) is 0 Å². The molecule has 2 unspecified atom stereocenters. The van der Waals surface area contributed by atoms with Crippen molar-refractivity contribution in [2.24, 2.45) is 5.73 Å². The first-order chi connectivity index (χ1) is 15.2. The highest BCUT2D eigenvalue weighted by Crippen LogP contribution is 2.29. The second-order valence-corrected chi connectivity index (χ2v) is 7.81. The third kappa shape index (κ3) is 5.86. The summed E-state index contributed by atoms with van der Waals surface area (Å²) in [6.07, 6.45) is -1.52. The van der Waals surface area contributed by atoms with Gasteiger partial charge in [-0.2, -0.15) is 18.4 Å². The maximum Gasteiger partial charge on any atom is 0.434 e. The molecule has 6 nitrogen and oxygen atoms in total. The van der Waals surface area contributed by atoms with Crippen LogP contribution in [0.3, 0.4) is 0 Å². The minimum absolute atomic E-state index is 0.0469. The molecule has 0 aliphatic heterocycles. The molecule has 0 aliphatic carbocycles. The summed E-state index contributed by atoms with van der Waals surface area (Å²) < 4.78 is 40.6. The Balaban J connectivity index is 1.76. The zero-order valence-corrected chi connectivity index (χ0v) is 17.6. The van der Waals surface area contributed by atoms with E-state index in [0.717, 1.165) is 6.20 Å². The number of rotatable bonds is 9. The van der Waals surface area contributed by atoms with Gasteiger partial charge >= 0.3 is 6.18 Å². The van der Waals surface area contributed by atoms with E-state index in [4.69, 9.17) is 11.0 Å². The molecule has 3 aromatic rings. The summed E-state index contributed by atoms with van der Waals surface area (Å²) in [4.78, 5) is 16.2. The molecule has 0 fully saturated rings. The quantitative estimate of drug-likeness (QED) is 0.463. The highest BCUT2D eigenvalue weighted by Gasteiger charge is 2.34. The molecule has 0 aliphatic rings. The number of hydrogen-bond donors (Lipinski definition) is 2. The lowest BCUT2D eigenvalue weighted by atomic mass is 9.98. The summed E-state index contributed by atoms with van der Waals surface area (Å²) in [5.74, 6) is 0.397. The normalized spacial score (nSPS) is 13.5. The van der Waals surface area contributed by atoms with Gasteiger partial charge in [0, 0.05) is 30.3 Å². The number of aromatic nitrogens is 2. The fourth-order valence-electron chi connectivity index (χ4n) is 3.41. The van der Waals surface area contributed by atoms with Crippen molar-refractivity contribution in [3.63, 3.8) is 0 Å². The zero-order valence-electron chi connectivity index (χ0n) is 17.6. The molecule has 0 amide bonds. The molecule has 2 heterocycles. The monoisotopic (exact) mass is 443 g/mol. The molecule has 9 heteroatoms. The molecule has 0 spiro atoms. The topological polar surface area (TPSA) is 96.2 Å². The predicted molar refractivity (Wildman–Crippen MR) is 115 cm³/mol. The standard InChI is InChI=1S/C23H24F3N5O/c1-15(28)5-10-18(11-12-19(32)17-8-6-16(13-27)7-9-17)29-21-3-2-4-22-30-20(14-31(21)22)23(24,25)26/h2-4,6-9,14-15,18,29H,5,10-12,28H2,1H3. The second-order valence-electron chi connectivity index (χ2n) is 7.81. The van der Waals surface area contributed by atoms with Crippen LogP contribution in [-0.2, 0) is 6.18 Å². The van der Waals surface area contributed by atoms with E-state index < -0.39 is 11.9 Å². The molecule has 0 saturated heterocycles. The van der Waals surface area contributed by atoms with Gasteiger partial charge in [-0.1, -0.05) is 18.2 Å². The molecule has 168 valence electrons. The van der Waals surface area contributed by atoms with E-state index in [0.29, 0.717) is 36.2 Å². The van der Waals surface area contributed by atoms with Gasteiger partial charge in [0.25, 0.3) is 0 Å². The molecular formula is C23H24F3N5O. The average molecular weight is 443 g/mol. The maximum absolute atomic E-state index is 13.1. The minimum Gasteiger partial charge on any atom is -0.368 e. The van der Waals surface area contributed by atoms with Crippen LogP contribution in [0.4, 0.5) is 19.0 Å². The van der Waals surface area contributed by atoms with Gasteiger partial charge < -0.3 is 11.1 Å². The van der Waals surface area contributed by atoms with Crippen molar-refractivity contribution in [3.8, 4) is 6.07 Å². The third-order valence-corrected chi connectivity index (χ3v) is 5.16. The van der Waals surface area contributed by atoms with E-state index in [2.05, 4.69) is 10.3 Å². The largest absolute Gasteiger partial charge is 0.434 e. The number of alkyl halides is 3. The number of nitriles is 1. The number of carbonyl (C=O) groups is 1. The number of halogens is 3. The van der Waals surface area contributed by atoms with Crippen LogP contribution in [0, 0.1) is 11.3 Å². The first-order valence-corrected chi connectivity index (χ1v) is 10.3. The van der Waals surface area contributed by atoms with Crippen LogP contribution in [0.25, 0.3) is 5.65 Å². The fourth-order valence-corrected chi connectivity index (χ4v) is 3.41. The number of pyridine rings is 1. The van der Waals surface area contributed by atoms with Gasteiger partial charge in [-0.15, -0.1) is 0 Å². The molecule has 0 radical (unpaired) electrons. The highest BCUT2D eigenvalue weighted by molar-refractivity contribution is 5.96. The number of imidazole rings is 1. The number of nitrogens with one attached hydrogen (secondary N) is 1. The second kappa shape index (κ2) is 9.83. The van der Waals surface area contributed by atoms with Gasteiger partial charge in [0.05, 0.1) is 11.6 Å². The van der Waals surface area contributed by atoms with E-state index in [1.807, 2.05) is 13.0 Å². The summed E-state index contributed by atoms with van der Waals surface area (Å²) in [5, 5.41) is 12.2. The van der Waals surface area contributed by atoms with Gasteiger partial charge in [0.15, 0.2) is 11.5 Å². The molecule has 32 heavy (non-hydrogen) atoms. The SMILES string of the molecule is CC(N)CCC(CCC(=O)c1ccc(C#N)cc1)Nc1cccc2nc(C(F)(F)F)cn12. The van der Waals surface area contributed by atoms with Crippen LogP contribution in [0.1, 0.15) is 54.2 Å². The summed E-state index contributed by atoms with van der Waals surface area (Å²) >= 11 is 0. The Hall–Kier alpha value is -3.38. The van der Waals surface area contributed by atoms with Crippen LogP contribution >= 0.6 is 0 Å². The van der Waals surface area contributed by atoms with Gasteiger partial charge in [-0.25, -0.2) is 4.98 Å². The molecule has 0 saturated carbocycles. The van der Waals surface area contributed by atoms with Crippen molar-refractivity contribution in [1.82, 2.24) is 9.38 Å². The van der Waals surface area contributed by atoms with Gasteiger partial charge in [-0.3, -0.25) is 9.20 Å². The Morgan fingerprint density at radius 1 is 1.19 bits per heavy atom. The van der Waals surface area contributed by atoms with Crippen molar-refractivity contribution in [3.05, 3.63) is 65.5 Å². The smallest absolute Gasteiger partial charge is 0.368 e. The highest BCUT2D eigenvalue weighted by atomic mass is 19.4. The number of Topliss-reactive ketones (excluding diaryl/α,β-unsaturated/α-hetero) is 1. The van der Waals surface area contributed by atoms with Crippen molar-refractivity contribution < 1.29 is 18.0 Å². The lowest BCUT2D eigenvalue weighted by Gasteiger charge is -2.21. The molecule has 3 N–H and O–H groups in total. The van der Waals surface area contributed by atoms with Crippen molar-refractivity contribution in [1.29, 1.82) is 5.26 Å². The van der Waals surface area contributed by atoms with E-state index in [9.17, 15) is 18.0 Å². The molecule has 3 rings (SSSR count). The third-order valence-electron chi connectivity index (χ3n) is 5.16. The number of anilines is 1. The van der Waals surface area contributed by atoms with E-state index in [1.54, 1.807) is 36.4 Å². The van der Waals surface area contributed by atoms with Gasteiger partial charge in [0.2, 0.25) is 0 Å². The predicted octanol–water partition coefficient (Wildman–Crippen LogP) is 4.80. The number of hydrogen-bond acceptors (Lipinski definition) is 5. The first-order valence-electron chi connectivity index (χ1n) is 10.3. The summed E-state index contributed by atoms with van der Waals surface area (Å²) in [5.41, 5.74) is 6.10. The number of nitrogens with zero attached hydrogens (tertiary/aromatic N) is 3. The molecule has 2 atom stereocenters.